The molecule has 0 saturated heterocycles. The fourth-order valence-corrected chi connectivity index (χ4v) is 3.70. The average Bonchev–Trinajstić information content (AvgIpc) is 2.94. The number of benzene rings is 1. The van der Waals surface area contributed by atoms with E-state index in [0.717, 1.165) is 37.9 Å². The number of hydrogen-bond acceptors (Lipinski definition) is 3. The molecular weight excluding hydrogens is 238 g/mol. The Hall–Kier alpha value is -1.06. The third kappa shape index (κ3) is 2.26. The summed E-state index contributed by atoms with van der Waals surface area (Å²) < 4.78 is 6.03. The van der Waals surface area contributed by atoms with Crippen LogP contribution in [0.25, 0.3) is 0 Å². The molecular formula is C16H23NO2. The summed E-state index contributed by atoms with van der Waals surface area (Å²) in [5.41, 5.74) is 8.40. The minimum atomic E-state index is -0.258. The van der Waals surface area contributed by atoms with Crippen LogP contribution in [0, 0.1) is 12.3 Å². The zero-order valence-corrected chi connectivity index (χ0v) is 11.6. The first-order valence-electron chi connectivity index (χ1n) is 7.27. The highest BCUT2D eigenvalue weighted by Gasteiger charge is 2.43. The van der Waals surface area contributed by atoms with Crippen LogP contribution in [0.2, 0.25) is 0 Å². The van der Waals surface area contributed by atoms with Gasteiger partial charge in [0.05, 0.1) is 6.10 Å². The third-order valence-electron chi connectivity index (χ3n) is 4.86. The molecule has 3 nitrogen and oxygen atoms in total. The molecule has 1 aliphatic heterocycles. The number of fused-ring (bicyclic) bond motifs is 1. The van der Waals surface area contributed by atoms with Crippen molar-refractivity contribution < 1.29 is 9.84 Å². The van der Waals surface area contributed by atoms with Gasteiger partial charge in [-0.1, -0.05) is 24.1 Å². The monoisotopic (exact) mass is 261 g/mol. The van der Waals surface area contributed by atoms with E-state index in [-0.39, 0.29) is 17.6 Å². The van der Waals surface area contributed by atoms with Crippen molar-refractivity contribution in [1.82, 2.24) is 0 Å². The summed E-state index contributed by atoms with van der Waals surface area (Å²) in [4.78, 5) is 0. The van der Waals surface area contributed by atoms with Gasteiger partial charge in [0.1, 0.15) is 11.9 Å². The molecule has 3 atom stereocenters. The van der Waals surface area contributed by atoms with Crippen LogP contribution in [0.4, 0.5) is 0 Å². The van der Waals surface area contributed by atoms with E-state index in [4.69, 9.17) is 10.5 Å². The maximum Gasteiger partial charge on any atom is 0.123 e. The lowest BCUT2D eigenvalue weighted by molar-refractivity contribution is 0.0247. The Bertz CT molecular complexity index is 474. The maximum absolute atomic E-state index is 10.2. The van der Waals surface area contributed by atoms with Gasteiger partial charge in [-0.2, -0.15) is 0 Å². The first kappa shape index (κ1) is 12.9. The van der Waals surface area contributed by atoms with Gasteiger partial charge in [-0.3, -0.25) is 0 Å². The SMILES string of the molecule is Cc1ccc2c(c1)CC(CC1(CN)CCCC1O)O2. The van der Waals surface area contributed by atoms with E-state index in [1.54, 1.807) is 0 Å². The van der Waals surface area contributed by atoms with Gasteiger partial charge in [0.15, 0.2) is 0 Å². The normalized spacial score (nSPS) is 33.2. The number of hydrogen-bond donors (Lipinski definition) is 2. The summed E-state index contributed by atoms with van der Waals surface area (Å²) in [6.07, 6.45) is 4.73. The van der Waals surface area contributed by atoms with E-state index in [1.165, 1.54) is 11.1 Å². The summed E-state index contributed by atoms with van der Waals surface area (Å²) in [6, 6.07) is 6.35. The van der Waals surface area contributed by atoms with Gasteiger partial charge in [-0.05, 0) is 37.8 Å². The molecule has 1 aromatic carbocycles. The Kier molecular flexibility index (Phi) is 3.27. The smallest absolute Gasteiger partial charge is 0.123 e. The van der Waals surface area contributed by atoms with Gasteiger partial charge in [0.25, 0.3) is 0 Å². The van der Waals surface area contributed by atoms with E-state index in [1.807, 2.05) is 0 Å². The first-order chi connectivity index (χ1) is 9.13. The van der Waals surface area contributed by atoms with Crippen LogP contribution in [0.3, 0.4) is 0 Å². The maximum atomic E-state index is 10.2. The molecule has 0 radical (unpaired) electrons. The van der Waals surface area contributed by atoms with E-state index < -0.39 is 0 Å². The number of ether oxygens (including phenoxy) is 1. The zero-order chi connectivity index (χ0) is 13.5. The second kappa shape index (κ2) is 4.80. The van der Waals surface area contributed by atoms with Gasteiger partial charge in [0.2, 0.25) is 0 Å². The van der Waals surface area contributed by atoms with Crippen LogP contribution in [-0.4, -0.2) is 23.9 Å². The van der Waals surface area contributed by atoms with Gasteiger partial charge >= 0.3 is 0 Å². The Morgan fingerprint density at radius 1 is 1.47 bits per heavy atom. The lowest BCUT2D eigenvalue weighted by atomic mass is 9.78. The van der Waals surface area contributed by atoms with Crippen molar-refractivity contribution in [3.05, 3.63) is 29.3 Å². The predicted octanol–water partition coefficient (Wildman–Crippen LogP) is 2.18. The van der Waals surface area contributed by atoms with Crippen molar-refractivity contribution in [2.75, 3.05) is 6.54 Å². The fourth-order valence-electron chi connectivity index (χ4n) is 3.70. The standard InChI is InChI=1S/C16H23NO2/c1-11-4-5-14-12(7-11)8-13(19-14)9-16(10-17)6-2-3-15(16)18/h4-5,7,13,15,18H,2-3,6,8-10,17H2,1H3. The van der Waals surface area contributed by atoms with Crippen molar-refractivity contribution >= 4 is 0 Å². The van der Waals surface area contributed by atoms with E-state index in [0.29, 0.717) is 6.54 Å². The molecule has 3 unspecified atom stereocenters. The minimum Gasteiger partial charge on any atom is -0.490 e. The van der Waals surface area contributed by atoms with Gasteiger partial charge in [-0.25, -0.2) is 0 Å². The van der Waals surface area contributed by atoms with Crippen LogP contribution < -0.4 is 10.5 Å². The summed E-state index contributed by atoms with van der Waals surface area (Å²) in [6.45, 7) is 2.67. The molecule has 3 N–H and O–H groups in total. The summed E-state index contributed by atoms with van der Waals surface area (Å²) in [5, 5.41) is 10.2. The van der Waals surface area contributed by atoms with Crippen LogP contribution >= 0.6 is 0 Å². The lowest BCUT2D eigenvalue weighted by Gasteiger charge is -2.33. The topological polar surface area (TPSA) is 55.5 Å². The highest BCUT2D eigenvalue weighted by atomic mass is 16.5. The van der Waals surface area contributed by atoms with Gasteiger partial charge in [-0.15, -0.1) is 0 Å². The van der Waals surface area contributed by atoms with Crippen molar-refractivity contribution in [2.45, 2.75) is 51.2 Å². The van der Waals surface area contributed by atoms with Crippen LogP contribution in [-0.2, 0) is 6.42 Å². The van der Waals surface area contributed by atoms with E-state index >= 15 is 0 Å². The molecule has 19 heavy (non-hydrogen) atoms. The second-order valence-electron chi connectivity index (χ2n) is 6.23. The Morgan fingerprint density at radius 3 is 3.00 bits per heavy atom. The molecule has 2 aliphatic rings. The molecule has 1 aliphatic carbocycles. The van der Waals surface area contributed by atoms with Gasteiger partial charge < -0.3 is 15.6 Å². The molecule has 0 amide bonds. The summed E-state index contributed by atoms with van der Waals surface area (Å²) >= 11 is 0. The molecule has 0 bridgehead atoms. The molecule has 3 heteroatoms. The second-order valence-corrected chi connectivity index (χ2v) is 6.23. The predicted molar refractivity (Wildman–Crippen MR) is 75.3 cm³/mol. The number of aryl methyl sites for hydroxylation is 1. The number of rotatable bonds is 3. The number of nitrogens with two attached hydrogens (primary N) is 1. The average molecular weight is 261 g/mol. The van der Waals surface area contributed by atoms with Crippen LogP contribution in [0.5, 0.6) is 5.75 Å². The quantitative estimate of drug-likeness (QED) is 0.877. The van der Waals surface area contributed by atoms with Crippen LogP contribution in [0.15, 0.2) is 18.2 Å². The van der Waals surface area contributed by atoms with Crippen molar-refractivity contribution in [2.24, 2.45) is 11.1 Å². The molecule has 3 rings (SSSR count). The highest BCUT2D eigenvalue weighted by Crippen LogP contribution is 2.44. The first-order valence-corrected chi connectivity index (χ1v) is 7.27. The molecule has 0 aromatic heterocycles. The van der Waals surface area contributed by atoms with Gasteiger partial charge in [0, 0.05) is 18.4 Å². The van der Waals surface area contributed by atoms with Crippen LogP contribution in [0.1, 0.15) is 36.8 Å². The summed E-state index contributed by atoms with van der Waals surface area (Å²) in [5.74, 6) is 1.01. The molecule has 1 fully saturated rings. The largest absolute Gasteiger partial charge is 0.490 e. The third-order valence-corrected chi connectivity index (χ3v) is 4.86. The van der Waals surface area contributed by atoms with Crippen molar-refractivity contribution in [1.29, 1.82) is 0 Å². The molecule has 1 heterocycles. The lowest BCUT2D eigenvalue weighted by Crippen LogP contribution is -2.41. The number of aliphatic hydroxyl groups excluding tert-OH is 1. The Balaban J connectivity index is 1.73. The van der Waals surface area contributed by atoms with E-state index in [9.17, 15) is 5.11 Å². The van der Waals surface area contributed by atoms with E-state index in [2.05, 4.69) is 25.1 Å². The molecule has 1 saturated carbocycles. The minimum absolute atomic E-state index is 0.123. The molecule has 104 valence electrons. The molecule has 0 spiro atoms. The number of aliphatic hydroxyl groups is 1. The van der Waals surface area contributed by atoms with Crippen molar-refractivity contribution in [3.63, 3.8) is 0 Å². The summed E-state index contributed by atoms with van der Waals surface area (Å²) in [7, 11) is 0. The highest BCUT2D eigenvalue weighted by molar-refractivity contribution is 5.40. The Labute approximate surface area is 114 Å². The van der Waals surface area contributed by atoms with Crippen molar-refractivity contribution in [3.8, 4) is 5.75 Å². The zero-order valence-electron chi connectivity index (χ0n) is 11.6. The Morgan fingerprint density at radius 2 is 2.32 bits per heavy atom. The fraction of sp³-hybridized carbons (Fsp3) is 0.625. The molecule has 1 aromatic rings.